The summed E-state index contributed by atoms with van der Waals surface area (Å²) in [5.41, 5.74) is 5.97. The van der Waals surface area contributed by atoms with Crippen molar-refractivity contribution < 1.29 is 4.74 Å². The van der Waals surface area contributed by atoms with Crippen LogP contribution in [0.1, 0.15) is 33.6 Å². The van der Waals surface area contributed by atoms with E-state index in [4.69, 9.17) is 10.5 Å². The van der Waals surface area contributed by atoms with Crippen LogP contribution in [0, 0.1) is 11.8 Å². The minimum Gasteiger partial charge on any atom is -0.381 e. The zero-order chi connectivity index (χ0) is 12.0. The van der Waals surface area contributed by atoms with Crippen LogP contribution >= 0.6 is 0 Å². The molecule has 0 bridgehead atoms. The van der Waals surface area contributed by atoms with Gasteiger partial charge in [0.15, 0.2) is 0 Å². The lowest BCUT2D eigenvalue weighted by molar-refractivity contribution is 0.0260. The molecule has 16 heavy (non-hydrogen) atoms. The quantitative estimate of drug-likeness (QED) is 0.752. The van der Waals surface area contributed by atoms with Crippen LogP contribution in [-0.4, -0.2) is 43.8 Å². The van der Waals surface area contributed by atoms with Gasteiger partial charge in [-0.05, 0) is 31.2 Å². The predicted molar refractivity (Wildman–Crippen MR) is 68.5 cm³/mol. The molecule has 1 fully saturated rings. The third kappa shape index (κ3) is 4.04. The summed E-state index contributed by atoms with van der Waals surface area (Å²) >= 11 is 0. The first kappa shape index (κ1) is 13.9. The normalized spacial score (nSPS) is 20.6. The van der Waals surface area contributed by atoms with Gasteiger partial charge in [0, 0.05) is 32.3 Å². The summed E-state index contributed by atoms with van der Waals surface area (Å²) in [5.74, 6) is 1.45. The molecular weight excluding hydrogens is 200 g/mol. The van der Waals surface area contributed by atoms with Crippen LogP contribution in [0.2, 0.25) is 0 Å². The number of rotatable bonds is 6. The average Bonchev–Trinajstić information content (AvgIpc) is 2.29. The predicted octanol–water partition coefficient (Wildman–Crippen LogP) is 1.72. The van der Waals surface area contributed by atoms with E-state index in [-0.39, 0.29) is 0 Å². The number of hydrogen-bond acceptors (Lipinski definition) is 3. The average molecular weight is 228 g/mol. The molecule has 1 atom stereocenters. The van der Waals surface area contributed by atoms with Crippen molar-refractivity contribution in [1.29, 1.82) is 0 Å². The molecule has 1 aliphatic heterocycles. The molecule has 1 heterocycles. The van der Waals surface area contributed by atoms with E-state index in [2.05, 4.69) is 25.7 Å². The van der Waals surface area contributed by atoms with Crippen molar-refractivity contribution in [2.75, 3.05) is 32.8 Å². The molecule has 0 aromatic carbocycles. The zero-order valence-corrected chi connectivity index (χ0v) is 11.1. The molecule has 3 nitrogen and oxygen atoms in total. The van der Waals surface area contributed by atoms with E-state index in [0.717, 1.165) is 38.8 Å². The standard InChI is InChI=1S/C13H28N2O/c1-4-15(10-11(2)3)13(9-14)12-5-7-16-8-6-12/h11-13H,4-10,14H2,1-3H3. The van der Waals surface area contributed by atoms with Gasteiger partial charge in [0.05, 0.1) is 0 Å². The number of ether oxygens (including phenoxy) is 1. The Hall–Kier alpha value is -0.120. The van der Waals surface area contributed by atoms with E-state index in [9.17, 15) is 0 Å². The highest BCUT2D eigenvalue weighted by atomic mass is 16.5. The summed E-state index contributed by atoms with van der Waals surface area (Å²) in [6, 6.07) is 0.552. The lowest BCUT2D eigenvalue weighted by atomic mass is 9.90. The first-order valence-electron chi connectivity index (χ1n) is 6.70. The van der Waals surface area contributed by atoms with Crippen LogP contribution in [0.5, 0.6) is 0 Å². The molecule has 0 amide bonds. The highest BCUT2D eigenvalue weighted by Crippen LogP contribution is 2.22. The van der Waals surface area contributed by atoms with Gasteiger partial charge in [0.1, 0.15) is 0 Å². The Morgan fingerprint density at radius 3 is 2.38 bits per heavy atom. The highest BCUT2D eigenvalue weighted by Gasteiger charge is 2.27. The van der Waals surface area contributed by atoms with Crippen LogP contribution < -0.4 is 5.73 Å². The summed E-state index contributed by atoms with van der Waals surface area (Å²) < 4.78 is 5.43. The molecule has 1 unspecified atom stereocenters. The Kier molecular flexibility index (Phi) is 6.32. The second-order valence-electron chi connectivity index (χ2n) is 5.23. The Morgan fingerprint density at radius 2 is 1.94 bits per heavy atom. The molecule has 0 aromatic heterocycles. The Morgan fingerprint density at radius 1 is 1.31 bits per heavy atom. The van der Waals surface area contributed by atoms with Gasteiger partial charge in [-0.2, -0.15) is 0 Å². The van der Waals surface area contributed by atoms with Crippen molar-refractivity contribution in [2.45, 2.75) is 39.7 Å². The minimum atomic E-state index is 0.552. The maximum Gasteiger partial charge on any atom is 0.0469 e. The van der Waals surface area contributed by atoms with Crippen molar-refractivity contribution in [1.82, 2.24) is 4.90 Å². The fraction of sp³-hybridized carbons (Fsp3) is 1.00. The molecule has 0 saturated carbocycles. The van der Waals surface area contributed by atoms with Crippen molar-refractivity contribution in [2.24, 2.45) is 17.6 Å². The van der Waals surface area contributed by atoms with Gasteiger partial charge in [0.2, 0.25) is 0 Å². The van der Waals surface area contributed by atoms with Crippen molar-refractivity contribution in [3.8, 4) is 0 Å². The summed E-state index contributed by atoms with van der Waals surface area (Å²) in [6.07, 6.45) is 2.35. The van der Waals surface area contributed by atoms with Crippen LogP contribution in [0.4, 0.5) is 0 Å². The molecule has 0 spiro atoms. The van der Waals surface area contributed by atoms with Crippen LogP contribution in [0.3, 0.4) is 0 Å². The summed E-state index contributed by atoms with van der Waals surface area (Å²) in [5, 5.41) is 0. The zero-order valence-electron chi connectivity index (χ0n) is 11.1. The van der Waals surface area contributed by atoms with Gasteiger partial charge >= 0.3 is 0 Å². The monoisotopic (exact) mass is 228 g/mol. The number of hydrogen-bond donors (Lipinski definition) is 1. The maximum atomic E-state index is 5.97. The maximum absolute atomic E-state index is 5.97. The lowest BCUT2D eigenvalue weighted by Gasteiger charge is -2.38. The van der Waals surface area contributed by atoms with Crippen LogP contribution in [0.15, 0.2) is 0 Å². The van der Waals surface area contributed by atoms with E-state index in [1.807, 2.05) is 0 Å². The molecular formula is C13H28N2O. The SMILES string of the molecule is CCN(CC(C)C)C(CN)C1CCOCC1. The van der Waals surface area contributed by atoms with Crippen molar-refractivity contribution >= 4 is 0 Å². The van der Waals surface area contributed by atoms with Crippen LogP contribution in [0.25, 0.3) is 0 Å². The van der Waals surface area contributed by atoms with E-state index >= 15 is 0 Å². The lowest BCUT2D eigenvalue weighted by Crippen LogP contribution is -2.48. The summed E-state index contributed by atoms with van der Waals surface area (Å²) in [4.78, 5) is 2.56. The fourth-order valence-electron chi connectivity index (χ4n) is 2.71. The van der Waals surface area contributed by atoms with E-state index in [1.165, 1.54) is 12.8 Å². The van der Waals surface area contributed by atoms with E-state index in [1.54, 1.807) is 0 Å². The second-order valence-corrected chi connectivity index (χ2v) is 5.23. The number of nitrogens with zero attached hydrogens (tertiary/aromatic N) is 1. The summed E-state index contributed by atoms with van der Waals surface area (Å²) in [7, 11) is 0. The molecule has 1 saturated heterocycles. The third-order valence-corrected chi connectivity index (χ3v) is 3.53. The van der Waals surface area contributed by atoms with Crippen molar-refractivity contribution in [3.63, 3.8) is 0 Å². The van der Waals surface area contributed by atoms with Gasteiger partial charge in [-0.3, -0.25) is 4.90 Å². The first-order valence-corrected chi connectivity index (χ1v) is 6.70. The van der Waals surface area contributed by atoms with E-state index in [0.29, 0.717) is 12.0 Å². The van der Waals surface area contributed by atoms with Gasteiger partial charge < -0.3 is 10.5 Å². The highest BCUT2D eigenvalue weighted by molar-refractivity contribution is 4.82. The molecule has 1 aliphatic rings. The van der Waals surface area contributed by atoms with Gasteiger partial charge in [-0.15, -0.1) is 0 Å². The molecule has 0 aromatic rings. The number of likely N-dealkylation sites (N-methyl/N-ethyl adjacent to an activating group) is 1. The Labute approximate surface area is 100 Å². The van der Waals surface area contributed by atoms with Gasteiger partial charge in [0.25, 0.3) is 0 Å². The number of nitrogens with two attached hydrogens (primary N) is 1. The van der Waals surface area contributed by atoms with Gasteiger partial charge in [-0.1, -0.05) is 20.8 Å². The van der Waals surface area contributed by atoms with Gasteiger partial charge in [-0.25, -0.2) is 0 Å². The third-order valence-electron chi connectivity index (χ3n) is 3.53. The Bertz CT molecular complexity index is 179. The fourth-order valence-corrected chi connectivity index (χ4v) is 2.71. The minimum absolute atomic E-state index is 0.552. The van der Waals surface area contributed by atoms with Crippen LogP contribution in [-0.2, 0) is 4.74 Å². The molecule has 3 heteroatoms. The Balaban J connectivity index is 2.54. The first-order chi connectivity index (χ1) is 7.69. The second kappa shape index (κ2) is 7.25. The molecule has 96 valence electrons. The summed E-state index contributed by atoms with van der Waals surface area (Å²) in [6.45, 7) is 11.7. The molecule has 2 N–H and O–H groups in total. The largest absolute Gasteiger partial charge is 0.381 e. The van der Waals surface area contributed by atoms with E-state index < -0.39 is 0 Å². The molecule has 1 rings (SSSR count). The van der Waals surface area contributed by atoms with Crippen molar-refractivity contribution in [3.05, 3.63) is 0 Å². The molecule has 0 aliphatic carbocycles. The topological polar surface area (TPSA) is 38.5 Å². The molecule has 0 radical (unpaired) electrons. The smallest absolute Gasteiger partial charge is 0.0469 e.